The van der Waals surface area contributed by atoms with E-state index in [4.69, 9.17) is 9.47 Å². The maximum absolute atomic E-state index is 12.8. The average Bonchev–Trinajstić information content (AvgIpc) is 3.40. The number of carbonyl (C=O) groups excluding carboxylic acids is 4. The van der Waals surface area contributed by atoms with Gasteiger partial charge in [-0.05, 0) is 71.5 Å². The van der Waals surface area contributed by atoms with Crippen molar-refractivity contribution in [2.75, 3.05) is 23.4 Å². The van der Waals surface area contributed by atoms with Crippen molar-refractivity contribution < 1.29 is 28.7 Å². The first-order chi connectivity index (χ1) is 22.8. The summed E-state index contributed by atoms with van der Waals surface area (Å²) >= 11 is 0. The van der Waals surface area contributed by atoms with Crippen LogP contribution in [-0.2, 0) is 14.3 Å². The van der Waals surface area contributed by atoms with Gasteiger partial charge < -0.3 is 30.3 Å². The lowest BCUT2D eigenvalue weighted by Gasteiger charge is -2.39. The van der Waals surface area contributed by atoms with E-state index in [9.17, 15) is 19.2 Å². The number of benzene rings is 4. The zero-order chi connectivity index (χ0) is 32.9. The molecule has 0 fully saturated rings. The molecule has 4 aromatic carbocycles. The number of ether oxygens (including phenoxy) is 2. The molecule has 4 amide bonds. The Bertz CT molecular complexity index is 1760. The van der Waals surface area contributed by atoms with Crippen LogP contribution in [-0.4, -0.2) is 43.2 Å². The number of hydrogen-bond donors (Lipinski definition) is 3. The van der Waals surface area contributed by atoms with E-state index in [1.165, 1.54) is 0 Å². The molecule has 6 rings (SSSR count). The molecular formula is C37H36N4O6. The van der Waals surface area contributed by atoms with Crippen LogP contribution >= 0.6 is 0 Å². The number of fused-ring (bicyclic) bond motifs is 4. The second-order valence-corrected chi connectivity index (χ2v) is 11.6. The van der Waals surface area contributed by atoms with Crippen molar-refractivity contribution in [1.29, 1.82) is 0 Å². The average molecular weight is 633 g/mol. The Morgan fingerprint density at radius 3 is 2.06 bits per heavy atom. The molecule has 2 atom stereocenters. The van der Waals surface area contributed by atoms with E-state index in [0.717, 1.165) is 33.5 Å². The minimum absolute atomic E-state index is 0.0335. The van der Waals surface area contributed by atoms with Crippen molar-refractivity contribution in [1.82, 2.24) is 10.6 Å². The minimum atomic E-state index is -0.684. The van der Waals surface area contributed by atoms with E-state index in [1.54, 1.807) is 29.2 Å². The Morgan fingerprint density at radius 2 is 1.40 bits per heavy atom. The van der Waals surface area contributed by atoms with Gasteiger partial charge in [-0.15, -0.1) is 0 Å². The Morgan fingerprint density at radius 1 is 0.787 bits per heavy atom. The summed E-state index contributed by atoms with van der Waals surface area (Å²) in [4.78, 5) is 52.1. The standard InChI is InChI=1S/C37H36N4O6/c1-3-35(43)41-23(2)20-32(30-14-8-9-15-33(30)41)40-37(45)47-25-18-16-24(17-19-25)39-34(42)21-38-36(44)46-22-31-28-12-6-4-10-26(28)27-11-5-7-13-29(27)31/h4-19,23,31-32H,3,20-22H2,1-2H3,(H,38,44)(H,39,42)(H,40,45)/t23-,32+/m0/s1. The van der Waals surface area contributed by atoms with Crippen LogP contribution < -0.4 is 25.6 Å². The van der Waals surface area contributed by atoms with Gasteiger partial charge in [0.1, 0.15) is 18.9 Å². The maximum Gasteiger partial charge on any atom is 0.413 e. The Balaban J connectivity index is 0.965. The third-order valence-corrected chi connectivity index (χ3v) is 8.54. The number of anilines is 2. The van der Waals surface area contributed by atoms with Crippen LogP contribution in [0.1, 0.15) is 55.3 Å². The van der Waals surface area contributed by atoms with Crippen LogP contribution in [0.25, 0.3) is 11.1 Å². The third kappa shape index (κ3) is 6.81. The quantitative estimate of drug-likeness (QED) is 0.203. The monoisotopic (exact) mass is 632 g/mol. The molecular weight excluding hydrogens is 596 g/mol. The SMILES string of the molecule is CCC(=O)N1c2ccccc2[C@H](NC(=O)Oc2ccc(NC(=O)CNC(=O)OCC3c4ccccc4-c4ccccc43)cc2)C[C@@H]1C. The van der Waals surface area contributed by atoms with Crippen LogP contribution in [0.3, 0.4) is 0 Å². The molecule has 0 unspecified atom stereocenters. The summed E-state index contributed by atoms with van der Waals surface area (Å²) in [6.07, 6.45) is -0.371. The van der Waals surface area contributed by atoms with Crippen LogP contribution in [0.2, 0.25) is 0 Å². The number of carbonyl (C=O) groups is 4. The molecule has 0 saturated heterocycles. The minimum Gasteiger partial charge on any atom is -0.449 e. The number of nitrogens with zero attached hydrogens (tertiary/aromatic N) is 1. The fraction of sp³-hybridized carbons (Fsp3) is 0.243. The van der Waals surface area contributed by atoms with Crippen molar-refractivity contribution in [3.05, 3.63) is 114 Å². The predicted molar refractivity (Wildman–Crippen MR) is 178 cm³/mol. The number of hydrogen-bond acceptors (Lipinski definition) is 6. The highest BCUT2D eigenvalue weighted by Gasteiger charge is 2.34. The summed E-state index contributed by atoms with van der Waals surface area (Å²) in [5, 5.41) is 8.13. The van der Waals surface area contributed by atoms with E-state index in [1.807, 2.05) is 74.5 Å². The van der Waals surface area contributed by atoms with Gasteiger partial charge in [0.25, 0.3) is 0 Å². The molecule has 4 aromatic rings. The second-order valence-electron chi connectivity index (χ2n) is 11.6. The largest absolute Gasteiger partial charge is 0.449 e. The molecule has 240 valence electrons. The molecule has 1 aliphatic heterocycles. The van der Waals surface area contributed by atoms with E-state index in [2.05, 4.69) is 28.1 Å². The first-order valence-electron chi connectivity index (χ1n) is 15.7. The van der Waals surface area contributed by atoms with E-state index in [-0.39, 0.29) is 42.8 Å². The highest BCUT2D eigenvalue weighted by Crippen LogP contribution is 2.44. The van der Waals surface area contributed by atoms with Crippen LogP contribution in [0.4, 0.5) is 21.0 Å². The summed E-state index contributed by atoms with van der Waals surface area (Å²) < 4.78 is 11.0. The van der Waals surface area contributed by atoms with Gasteiger partial charge in [-0.25, -0.2) is 9.59 Å². The summed E-state index contributed by atoms with van der Waals surface area (Å²) in [7, 11) is 0. The fourth-order valence-electron chi connectivity index (χ4n) is 6.39. The number of rotatable bonds is 8. The van der Waals surface area contributed by atoms with Gasteiger partial charge in [-0.3, -0.25) is 9.59 Å². The molecule has 0 bridgehead atoms. The van der Waals surface area contributed by atoms with E-state index >= 15 is 0 Å². The van der Waals surface area contributed by atoms with Crippen molar-refractivity contribution >= 4 is 35.4 Å². The lowest BCUT2D eigenvalue weighted by atomic mass is 9.91. The maximum atomic E-state index is 12.8. The van der Waals surface area contributed by atoms with E-state index in [0.29, 0.717) is 18.5 Å². The highest BCUT2D eigenvalue weighted by atomic mass is 16.6. The predicted octanol–water partition coefficient (Wildman–Crippen LogP) is 6.53. The first kappa shape index (κ1) is 31.3. The Hall–Kier alpha value is -5.64. The van der Waals surface area contributed by atoms with Gasteiger partial charge in [-0.1, -0.05) is 73.7 Å². The zero-order valence-electron chi connectivity index (χ0n) is 26.2. The molecule has 0 saturated carbocycles. The second kappa shape index (κ2) is 13.8. The molecule has 0 radical (unpaired) electrons. The van der Waals surface area contributed by atoms with Crippen LogP contribution in [0.5, 0.6) is 5.75 Å². The smallest absolute Gasteiger partial charge is 0.413 e. The van der Waals surface area contributed by atoms with Crippen molar-refractivity contribution in [3.8, 4) is 16.9 Å². The molecule has 47 heavy (non-hydrogen) atoms. The van der Waals surface area contributed by atoms with Gasteiger partial charge in [0.15, 0.2) is 0 Å². The van der Waals surface area contributed by atoms with Crippen molar-refractivity contribution in [3.63, 3.8) is 0 Å². The topological polar surface area (TPSA) is 126 Å². The zero-order valence-corrected chi connectivity index (χ0v) is 26.2. The first-order valence-corrected chi connectivity index (χ1v) is 15.7. The Kier molecular flexibility index (Phi) is 9.19. The lowest BCUT2D eigenvalue weighted by Crippen LogP contribution is -2.46. The summed E-state index contributed by atoms with van der Waals surface area (Å²) in [6.45, 7) is 3.67. The number of nitrogens with one attached hydrogen (secondary N) is 3. The van der Waals surface area contributed by atoms with Crippen LogP contribution in [0, 0.1) is 0 Å². The van der Waals surface area contributed by atoms with Gasteiger partial charge in [0.2, 0.25) is 11.8 Å². The molecule has 2 aliphatic rings. The molecule has 1 heterocycles. The summed E-state index contributed by atoms with van der Waals surface area (Å²) in [5.74, 6) is -0.192. The molecule has 10 heteroatoms. The molecule has 0 spiro atoms. The molecule has 0 aromatic heterocycles. The lowest BCUT2D eigenvalue weighted by molar-refractivity contribution is -0.119. The van der Waals surface area contributed by atoms with Gasteiger partial charge in [-0.2, -0.15) is 0 Å². The molecule has 1 aliphatic carbocycles. The van der Waals surface area contributed by atoms with Crippen molar-refractivity contribution in [2.24, 2.45) is 0 Å². The normalized spacial score (nSPS) is 16.3. The number of para-hydroxylation sites is 1. The van der Waals surface area contributed by atoms with Crippen molar-refractivity contribution in [2.45, 2.75) is 44.7 Å². The number of alkyl carbamates (subject to hydrolysis) is 1. The third-order valence-electron chi connectivity index (χ3n) is 8.54. The van der Waals surface area contributed by atoms with Crippen LogP contribution in [0.15, 0.2) is 97.1 Å². The fourth-order valence-corrected chi connectivity index (χ4v) is 6.39. The number of amides is 4. The van der Waals surface area contributed by atoms with Gasteiger partial charge in [0, 0.05) is 29.8 Å². The Labute approximate surface area is 273 Å². The highest BCUT2D eigenvalue weighted by molar-refractivity contribution is 5.95. The van der Waals surface area contributed by atoms with Gasteiger partial charge in [0.05, 0.1) is 6.04 Å². The van der Waals surface area contributed by atoms with E-state index < -0.39 is 18.1 Å². The summed E-state index contributed by atoms with van der Waals surface area (Å²) in [5.41, 5.74) is 6.59. The van der Waals surface area contributed by atoms with Gasteiger partial charge >= 0.3 is 12.2 Å². The molecule has 3 N–H and O–H groups in total. The summed E-state index contributed by atoms with van der Waals surface area (Å²) in [6, 6.07) is 29.6. The molecule has 10 nitrogen and oxygen atoms in total.